The average molecular weight is 342 g/mol. The summed E-state index contributed by atoms with van der Waals surface area (Å²) in [7, 11) is 1.75. The maximum atomic E-state index is 5.51. The van der Waals surface area contributed by atoms with Crippen molar-refractivity contribution in [3.05, 3.63) is 64.7 Å². The Morgan fingerprint density at radius 1 is 0.917 bits per heavy atom. The molecule has 2 aliphatic rings. The van der Waals surface area contributed by atoms with Crippen LogP contribution in [0.3, 0.4) is 0 Å². The van der Waals surface area contributed by atoms with Crippen molar-refractivity contribution in [3.63, 3.8) is 0 Å². The fourth-order valence-electron chi connectivity index (χ4n) is 4.08. The monoisotopic (exact) mass is 341 g/mol. The Bertz CT molecular complexity index is 734. The maximum absolute atomic E-state index is 5.51. The van der Waals surface area contributed by atoms with Gasteiger partial charge in [0.2, 0.25) is 0 Å². The van der Waals surface area contributed by atoms with Crippen LogP contribution in [0.15, 0.2) is 42.5 Å². The van der Waals surface area contributed by atoms with Gasteiger partial charge in [0.05, 0.1) is 7.11 Å². The molecule has 2 nitrogen and oxygen atoms in total. The first-order valence-corrected chi connectivity index (χ1v) is 8.52. The van der Waals surface area contributed by atoms with Crippen LogP contribution in [-0.2, 0) is 0 Å². The second-order valence-electron chi connectivity index (χ2n) is 6.52. The van der Waals surface area contributed by atoms with E-state index in [2.05, 4.69) is 59.9 Å². The highest BCUT2D eigenvalue weighted by atomic mass is 35.5. The Kier molecular flexibility index (Phi) is 5.27. The van der Waals surface area contributed by atoms with Gasteiger partial charge in [0, 0.05) is 5.92 Å². The molecule has 0 saturated carbocycles. The van der Waals surface area contributed by atoms with E-state index < -0.39 is 0 Å². The molecule has 1 aliphatic carbocycles. The van der Waals surface area contributed by atoms with E-state index >= 15 is 0 Å². The van der Waals surface area contributed by atoms with Crippen molar-refractivity contribution in [2.75, 3.05) is 20.2 Å². The number of fused-ring (bicyclic) bond motifs is 2. The largest absolute Gasteiger partial charge is 0.497 e. The minimum atomic E-state index is 0. The molecule has 126 valence electrons. The van der Waals surface area contributed by atoms with Crippen LogP contribution in [0.5, 0.6) is 5.75 Å². The number of piperidine rings is 1. The molecule has 1 atom stereocenters. The Morgan fingerprint density at radius 2 is 1.62 bits per heavy atom. The van der Waals surface area contributed by atoms with E-state index in [-0.39, 0.29) is 12.4 Å². The molecule has 4 rings (SSSR count). The first-order valence-electron chi connectivity index (χ1n) is 8.52. The molecule has 1 unspecified atom stereocenters. The third-order valence-electron chi connectivity index (χ3n) is 5.26. The van der Waals surface area contributed by atoms with Crippen LogP contribution in [0.4, 0.5) is 0 Å². The molecule has 0 radical (unpaired) electrons. The van der Waals surface area contributed by atoms with Crippen molar-refractivity contribution in [3.8, 4) is 5.75 Å². The van der Waals surface area contributed by atoms with E-state index in [1.165, 1.54) is 35.1 Å². The number of benzene rings is 2. The van der Waals surface area contributed by atoms with Gasteiger partial charge in [0.1, 0.15) is 5.75 Å². The third kappa shape index (κ3) is 3.09. The Hall–Kier alpha value is -1.77. The van der Waals surface area contributed by atoms with Crippen LogP contribution >= 0.6 is 12.4 Å². The molecule has 2 aromatic rings. The fourth-order valence-corrected chi connectivity index (χ4v) is 4.08. The molecule has 24 heavy (non-hydrogen) atoms. The summed E-state index contributed by atoms with van der Waals surface area (Å²) in [5.41, 5.74) is 5.55. The smallest absolute Gasteiger partial charge is 0.119 e. The topological polar surface area (TPSA) is 21.3 Å². The standard InChI is InChI=1S/C21H23NO.ClH/c1-23-18-9-8-16-7-6-15-4-2-3-5-19(15)21(20(16)14-18)17-10-12-22-13-11-17;/h2-9,14,17,21-22H,10-13H2,1H3;1H. The number of hydrogen-bond donors (Lipinski definition) is 1. The molecule has 1 heterocycles. The Morgan fingerprint density at radius 3 is 2.38 bits per heavy atom. The summed E-state index contributed by atoms with van der Waals surface area (Å²) in [4.78, 5) is 0. The van der Waals surface area contributed by atoms with Crippen molar-refractivity contribution >= 4 is 24.6 Å². The first-order chi connectivity index (χ1) is 11.4. The summed E-state index contributed by atoms with van der Waals surface area (Å²) in [6.45, 7) is 2.24. The van der Waals surface area contributed by atoms with Crippen LogP contribution < -0.4 is 10.1 Å². The number of rotatable bonds is 2. The van der Waals surface area contributed by atoms with E-state index in [4.69, 9.17) is 4.74 Å². The second-order valence-corrected chi connectivity index (χ2v) is 6.52. The van der Waals surface area contributed by atoms with Crippen LogP contribution in [0.25, 0.3) is 12.2 Å². The van der Waals surface area contributed by atoms with E-state index in [1.807, 2.05) is 0 Å². The van der Waals surface area contributed by atoms with Gasteiger partial charge in [-0.3, -0.25) is 0 Å². The van der Waals surface area contributed by atoms with Crippen LogP contribution in [0.1, 0.15) is 41.0 Å². The molecule has 0 amide bonds. The molecule has 1 aliphatic heterocycles. The van der Waals surface area contributed by atoms with Crippen LogP contribution in [-0.4, -0.2) is 20.2 Å². The van der Waals surface area contributed by atoms with E-state index in [1.54, 1.807) is 7.11 Å². The van der Waals surface area contributed by atoms with E-state index in [9.17, 15) is 0 Å². The number of ether oxygens (including phenoxy) is 1. The van der Waals surface area contributed by atoms with Gasteiger partial charge in [-0.1, -0.05) is 42.5 Å². The van der Waals surface area contributed by atoms with E-state index in [0.29, 0.717) is 11.8 Å². The number of nitrogens with one attached hydrogen (secondary N) is 1. The molecule has 3 heteroatoms. The molecular formula is C21H24ClNO. The fraction of sp³-hybridized carbons (Fsp3) is 0.333. The highest BCUT2D eigenvalue weighted by Gasteiger charge is 2.30. The van der Waals surface area contributed by atoms with E-state index in [0.717, 1.165) is 18.8 Å². The zero-order chi connectivity index (χ0) is 15.6. The molecular weight excluding hydrogens is 318 g/mol. The number of methoxy groups -OCH3 is 1. The molecule has 1 fully saturated rings. The summed E-state index contributed by atoms with van der Waals surface area (Å²) in [6.07, 6.45) is 6.99. The minimum Gasteiger partial charge on any atom is -0.497 e. The highest BCUT2D eigenvalue weighted by molar-refractivity contribution is 5.85. The van der Waals surface area contributed by atoms with Crippen molar-refractivity contribution in [2.24, 2.45) is 5.92 Å². The van der Waals surface area contributed by atoms with Gasteiger partial charge in [0.25, 0.3) is 0 Å². The lowest BCUT2D eigenvalue weighted by molar-refractivity contribution is 0.341. The van der Waals surface area contributed by atoms with Crippen molar-refractivity contribution < 1.29 is 4.74 Å². The minimum absolute atomic E-state index is 0. The zero-order valence-corrected chi connectivity index (χ0v) is 14.8. The van der Waals surface area contributed by atoms with Gasteiger partial charge in [-0.2, -0.15) is 0 Å². The average Bonchev–Trinajstić information content (AvgIpc) is 2.78. The lowest BCUT2D eigenvalue weighted by atomic mass is 9.74. The summed E-state index contributed by atoms with van der Waals surface area (Å²) in [5, 5.41) is 3.50. The van der Waals surface area contributed by atoms with Gasteiger partial charge in [-0.05, 0) is 66.2 Å². The third-order valence-corrected chi connectivity index (χ3v) is 5.26. The quantitative estimate of drug-likeness (QED) is 0.852. The SMILES string of the molecule is COc1ccc2c(c1)C(C1CCNCC1)c1ccccc1C=C2.Cl. The number of halogens is 1. The number of hydrogen-bond acceptors (Lipinski definition) is 2. The summed E-state index contributed by atoms with van der Waals surface area (Å²) < 4.78 is 5.51. The van der Waals surface area contributed by atoms with Crippen molar-refractivity contribution in [2.45, 2.75) is 18.8 Å². The first kappa shape index (κ1) is 17.1. The normalized spacial score (nSPS) is 19.6. The predicted molar refractivity (Wildman–Crippen MR) is 103 cm³/mol. The molecule has 0 aromatic heterocycles. The van der Waals surface area contributed by atoms with Gasteiger partial charge in [-0.15, -0.1) is 12.4 Å². The van der Waals surface area contributed by atoms with Crippen molar-refractivity contribution in [1.29, 1.82) is 0 Å². The van der Waals surface area contributed by atoms with Gasteiger partial charge < -0.3 is 10.1 Å². The maximum Gasteiger partial charge on any atom is 0.119 e. The predicted octanol–water partition coefficient (Wildman–Crippen LogP) is 4.73. The van der Waals surface area contributed by atoms with Gasteiger partial charge in [0.15, 0.2) is 0 Å². The van der Waals surface area contributed by atoms with Crippen molar-refractivity contribution in [1.82, 2.24) is 5.32 Å². The summed E-state index contributed by atoms with van der Waals surface area (Å²) in [5.74, 6) is 2.09. The molecule has 0 spiro atoms. The lowest BCUT2D eigenvalue weighted by Crippen LogP contribution is -2.31. The van der Waals surface area contributed by atoms with Crippen LogP contribution in [0.2, 0.25) is 0 Å². The van der Waals surface area contributed by atoms with Gasteiger partial charge >= 0.3 is 0 Å². The summed E-state index contributed by atoms with van der Waals surface area (Å²) in [6, 6.07) is 15.4. The summed E-state index contributed by atoms with van der Waals surface area (Å²) >= 11 is 0. The Balaban J connectivity index is 0.00000169. The second kappa shape index (κ2) is 7.42. The lowest BCUT2D eigenvalue weighted by Gasteiger charge is -2.32. The molecule has 2 aromatic carbocycles. The molecule has 0 bridgehead atoms. The zero-order valence-electron chi connectivity index (χ0n) is 14.0. The highest BCUT2D eigenvalue weighted by Crippen LogP contribution is 2.43. The molecule has 1 saturated heterocycles. The Labute approximate surface area is 150 Å². The van der Waals surface area contributed by atoms with Crippen LogP contribution in [0, 0.1) is 5.92 Å². The molecule has 1 N–H and O–H groups in total. The van der Waals surface area contributed by atoms with Gasteiger partial charge in [-0.25, -0.2) is 0 Å².